The Hall–Kier alpha value is -1.49. The molecule has 4 nitrogen and oxygen atoms in total. The molecule has 1 heterocycles. The molecule has 0 saturated heterocycles. The van der Waals surface area contributed by atoms with Crippen molar-refractivity contribution >= 4 is 32.9 Å². The van der Waals surface area contributed by atoms with Gasteiger partial charge in [-0.25, -0.2) is 4.79 Å². The van der Waals surface area contributed by atoms with Crippen LogP contribution in [-0.2, 0) is 6.42 Å². The van der Waals surface area contributed by atoms with E-state index in [1.54, 1.807) is 0 Å². The second-order valence-electron chi connectivity index (χ2n) is 3.49. The van der Waals surface area contributed by atoms with Crippen molar-refractivity contribution in [2.24, 2.45) is 0 Å². The van der Waals surface area contributed by atoms with Gasteiger partial charge in [0.05, 0.1) is 0 Å². The number of fused-ring (bicyclic) bond motifs is 1. The Kier molecular flexibility index (Phi) is 3.14. The van der Waals surface area contributed by atoms with Crippen LogP contribution in [0.15, 0.2) is 28.9 Å². The van der Waals surface area contributed by atoms with E-state index in [0.29, 0.717) is 13.0 Å². The average molecular weight is 283 g/mol. The first-order valence-electron chi connectivity index (χ1n) is 4.89. The molecule has 1 amide bonds. The molecule has 0 bridgehead atoms. The number of H-pyrrole nitrogens is 1. The van der Waals surface area contributed by atoms with Crippen molar-refractivity contribution in [3.8, 4) is 0 Å². The molecule has 3 N–H and O–H groups in total. The minimum Gasteiger partial charge on any atom is -0.465 e. The standard InChI is InChI=1S/C11H11BrN2O2/c12-8-1-2-9-7(3-4-13-11(15)16)6-14-10(9)5-8/h1-2,5-6,13-14H,3-4H2,(H,15,16). The molecule has 0 aliphatic carbocycles. The molecule has 5 heteroatoms. The third-order valence-electron chi connectivity index (χ3n) is 2.40. The molecule has 0 radical (unpaired) electrons. The van der Waals surface area contributed by atoms with Crippen molar-refractivity contribution in [1.29, 1.82) is 0 Å². The Bertz CT molecular complexity index is 522. The molecule has 0 saturated carbocycles. The van der Waals surface area contributed by atoms with Gasteiger partial charge in [-0.15, -0.1) is 0 Å². The van der Waals surface area contributed by atoms with Gasteiger partial charge in [-0.3, -0.25) is 0 Å². The van der Waals surface area contributed by atoms with E-state index in [1.807, 2.05) is 24.4 Å². The highest BCUT2D eigenvalue weighted by molar-refractivity contribution is 9.10. The number of hydrogen-bond donors (Lipinski definition) is 3. The number of carboxylic acid groups (broad SMARTS) is 1. The molecule has 0 fully saturated rings. The highest BCUT2D eigenvalue weighted by Crippen LogP contribution is 2.22. The third kappa shape index (κ3) is 2.36. The number of nitrogens with one attached hydrogen (secondary N) is 2. The molecule has 1 aromatic heterocycles. The van der Waals surface area contributed by atoms with Crippen molar-refractivity contribution in [2.75, 3.05) is 6.54 Å². The summed E-state index contributed by atoms with van der Waals surface area (Å²) in [5.41, 5.74) is 2.18. The lowest BCUT2D eigenvalue weighted by molar-refractivity contribution is 0.194. The largest absolute Gasteiger partial charge is 0.465 e. The van der Waals surface area contributed by atoms with Crippen molar-refractivity contribution in [2.45, 2.75) is 6.42 Å². The lowest BCUT2D eigenvalue weighted by Crippen LogP contribution is -2.23. The van der Waals surface area contributed by atoms with Gasteiger partial charge in [0.1, 0.15) is 0 Å². The maximum atomic E-state index is 10.3. The zero-order valence-electron chi connectivity index (χ0n) is 8.46. The number of benzene rings is 1. The topological polar surface area (TPSA) is 65.1 Å². The molecule has 0 aliphatic rings. The van der Waals surface area contributed by atoms with Crippen LogP contribution in [0.1, 0.15) is 5.56 Å². The lowest BCUT2D eigenvalue weighted by Gasteiger charge is -2.00. The van der Waals surface area contributed by atoms with Crippen molar-refractivity contribution in [3.63, 3.8) is 0 Å². The van der Waals surface area contributed by atoms with Crippen molar-refractivity contribution in [3.05, 3.63) is 34.4 Å². The monoisotopic (exact) mass is 282 g/mol. The number of hydrogen-bond acceptors (Lipinski definition) is 1. The van der Waals surface area contributed by atoms with Crippen LogP contribution in [-0.4, -0.2) is 22.7 Å². The molecule has 0 aliphatic heterocycles. The summed E-state index contributed by atoms with van der Waals surface area (Å²) in [6.45, 7) is 0.429. The molecule has 84 valence electrons. The first-order chi connectivity index (χ1) is 7.66. The molecule has 16 heavy (non-hydrogen) atoms. The van der Waals surface area contributed by atoms with Gasteiger partial charge in [0.25, 0.3) is 0 Å². The lowest BCUT2D eigenvalue weighted by atomic mass is 10.1. The molecule has 2 aromatic rings. The van der Waals surface area contributed by atoms with E-state index >= 15 is 0 Å². The molecule has 0 spiro atoms. The minimum atomic E-state index is -0.984. The van der Waals surface area contributed by atoms with E-state index in [2.05, 4.69) is 26.2 Å². The summed E-state index contributed by atoms with van der Waals surface area (Å²) in [5, 5.41) is 12.0. The summed E-state index contributed by atoms with van der Waals surface area (Å²) in [4.78, 5) is 13.5. The summed E-state index contributed by atoms with van der Waals surface area (Å²) in [5.74, 6) is 0. The summed E-state index contributed by atoms with van der Waals surface area (Å²) in [6.07, 6.45) is 1.62. The van der Waals surface area contributed by atoms with Gasteiger partial charge in [0.15, 0.2) is 0 Å². The second kappa shape index (κ2) is 4.57. The number of aromatic nitrogens is 1. The summed E-state index contributed by atoms with van der Waals surface area (Å²) in [7, 11) is 0. The van der Waals surface area contributed by atoms with Crippen LogP contribution in [0.4, 0.5) is 4.79 Å². The zero-order chi connectivity index (χ0) is 11.5. The van der Waals surface area contributed by atoms with Gasteiger partial charge in [-0.05, 0) is 24.1 Å². The molecule has 0 atom stereocenters. The van der Waals surface area contributed by atoms with Crippen LogP contribution in [0, 0.1) is 0 Å². The third-order valence-corrected chi connectivity index (χ3v) is 2.89. The Morgan fingerprint density at radius 1 is 1.50 bits per heavy atom. The SMILES string of the molecule is O=C(O)NCCc1c[nH]c2cc(Br)ccc12. The van der Waals surface area contributed by atoms with Crippen LogP contribution in [0.3, 0.4) is 0 Å². The van der Waals surface area contributed by atoms with E-state index in [-0.39, 0.29) is 0 Å². The van der Waals surface area contributed by atoms with Crippen molar-refractivity contribution in [1.82, 2.24) is 10.3 Å². The van der Waals surface area contributed by atoms with E-state index in [4.69, 9.17) is 5.11 Å². The van der Waals surface area contributed by atoms with Crippen LogP contribution in [0.25, 0.3) is 10.9 Å². The fourth-order valence-corrected chi connectivity index (χ4v) is 2.03. The smallest absolute Gasteiger partial charge is 0.404 e. The van der Waals surface area contributed by atoms with Crippen LogP contribution in [0.2, 0.25) is 0 Å². The first kappa shape index (κ1) is 11.0. The molecule has 1 aromatic carbocycles. The first-order valence-corrected chi connectivity index (χ1v) is 5.68. The predicted molar refractivity (Wildman–Crippen MR) is 65.7 cm³/mol. The summed E-state index contributed by atoms with van der Waals surface area (Å²) < 4.78 is 1.03. The fourth-order valence-electron chi connectivity index (χ4n) is 1.67. The Balaban J connectivity index is 2.15. The number of rotatable bonds is 3. The quantitative estimate of drug-likeness (QED) is 0.811. The Morgan fingerprint density at radius 3 is 3.06 bits per heavy atom. The molecule has 0 unspecified atom stereocenters. The van der Waals surface area contributed by atoms with E-state index in [0.717, 1.165) is 20.9 Å². The normalized spacial score (nSPS) is 10.6. The van der Waals surface area contributed by atoms with Gasteiger partial charge < -0.3 is 15.4 Å². The van der Waals surface area contributed by atoms with Gasteiger partial charge in [0.2, 0.25) is 0 Å². The summed E-state index contributed by atoms with van der Waals surface area (Å²) in [6, 6.07) is 6.00. The van der Waals surface area contributed by atoms with E-state index in [1.165, 1.54) is 0 Å². The number of halogens is 1. The zero-order valence-corrected chi connectivity index (χ0v) is 10.0. The molecular formula is C11H11BrN2O2. The highest BCUT2D eigenvalue weighted by atomic mass is 79.9. The van der Waals surface area contributed by atoms with E-state index in [9.17, 15) is 4.79 Å². The minimum absolute atomic E-state index is 0.429. The van der Waals surface area contributed by atoms with Gasteiger partial charge in [0, 0.05) is 28.1 Å². The highest BCUT2D eigenvalue weighted by Gasteiger charge is 2.04. The number of carbonyl (C=O) groups is 1. The number of aromatic amines is 1. The van der Waals surface area contributed by atoms with Crippen LogP contribution in [0.5, 0.6) is 0 Å². The maximum absolute atomic E-state index is 10.3. The predicted octanol–water partition coefficient (Wildman–Crippen LogP) is 2.74. The van der Waals surface area contributed by atoms with Crippen LogP contribution < -0.4 is 5.32 Å². The fraction of sp³-hybridized carbons (Fsp3) is 0.182. The van der Waals surface area contributed by atoms with E-state index < -0.39 is 6.09 Å². The average Bonchev–Trinajstić information content (AvgIpc) is 2.60. The van der Waals surface area contributed by atoms with Gasteiger partial charge in [-0.2, -0.15) is 0 Å². The van der Waals surface area contributed by atoms with Gasteiger partial charge >= 0.3 is 6.09 Å². The maximum Gasteiger partial charge on any atom is 0.404 e. The number of amides is 1. The summed E-state index contributed by atoms with van der Waals surface area (Å²) >= 11 is 3.40. The Morgan fingerprint density at radius 2 is 2.31 bits per heavy atom. The molecular weight excluding hydrogens is 272 g/mol. The van der Waals surface area contributed by atoms with Gasteiger partial charge in [-0.1, -0.05) is 22.0 Å². The van der Waals surface area contributed by atoms with Crippen LogP contribution >= 0.6 is 15.9 Å². The molecule has 2 rings (SSSR count). The second-order valence-corrected chi connectivity index (χ2v) is 4.40. The Labute approximate surface area is 101 Å². The van der Waals surface area contributed by atoms with Crippen molar-refractivity contribution < 1.29 is 9.90 Å².